The Balaban J connectivity index is 2.46. The monoisotopic (exact) mass is 358 g/mol. The first-order chi connectivity index (χ1) is 12.2. The van der Waals surface area contributed by atoms with E-state index in [4.69, 9.17) is 4.74 Å². The number of aromatic hydroxyl groups is 2. The lowest BCUT2D eigenvalue weighted by molar-refractivity contribution is -0.121. The maximum absolute atomic E-state index is 12.9. The lowest BCUT2D eigenvalue weighted by Gasteiger charge is -2.31. The highest BCUT2D eigenvalue weighted by Gasteiger charge is 2.52. The normalized spacial score (nSPS) is 19.1. The molecule has 0 aliphatic heterocycles. The summed E-state index contributed by atoms with van der Waals surface area (Å²) in [7, 11) is 1.37. The van der Waals surface area contributed by atoms with Gasteiger partial charge in [0, 0.05) is 23.3 Å². The highest BCUT2D eigenvalue weighted by molar-refractivity contribution is 6.36. The highest BCUT2D eigenvalue weighted by Crippen LogP contribution is 2.47. The predicted molar refractivity (Wildman–Crippen MR) is 92.1 cm³/mol. The molecule has 2 aromatic rings. The number of ketones is 3. The molecule has 0 saturated heterocycles. The van der Waals surface area contributed by atoms with Crippen molar-refractivity contribution in [2.45, 2.75) is 32.3 Å². The van der Waals surface area contributed by atoms with Crippen molar-refractivity contribution in [3.05, 3.63) is 28.8 Å². The number of phenolic OH excluding ortho intramolecular Hbond substituents is 2. The number of aliphatic hydroxyl groups is 1. The maximum atomic E-state index is 12.9. The van der Waals surface area contributed by atoms with Gasteiger partial charge < -0.3 is 20.1 Å². The Hall–Kier alpha value is -2.93. The Labute approximate surface area is 148 Å². The van der Waals surface area contributed by atoms with E-state index in [9.17, 15) is 29.7 Å². The second-order valence-corrected chi connectivity index (χ2v) is 6.40. The van der Waals surface area contributed by atoms with Crippen molar-refractivity contribution in [3.8, 4) is 17.2 Å². The van der Waals surface area contributed by atoms with Crippen LogP contribution in [-0.2, 0) is 4.79 Å². The number of phenols is 2. The number of methoxy groups -OCH3 is 1. The number of benzene rings is 2. The van der Waals surface area contributed by atoms with Crippen LogP contribution in [-0.4, -0.2) is 45.4 Å². The van der Waals surface area contributed by atoms with Crippen LogP contribution in [0.4, 0.5) is 0 Å². The molecule has 0 heterocycles. The second kappa shape index (κ2) is 5.81. The van der Waals surface area contributed by atoms with Crippen LogP contribution in [0, 0.1) is 6.92 Å². The van der Waals surface area contributed by atoms with E-state index in [2.05, 4.69) is 0 Å². The van der Waals surface area contributed by atoms with Crippen LogP contribution in [0.2, 0.25) is 0 Å². The van der Waals surface area contributed by atoms with Crippen molar-refractivity contribution in [1.82, 2.24) is 0 Å². The third-order valence-corrected chi connectivity index (χ3v) is 4.80. The molecule has 3 rings (SSSR count). The highest BCUT2D eigenvalue weighted by atomic mass is 16.5. The third-order valence-electron chi connectivity index (χ3n) is 4.80. The Morgan fingerprint density at radius 2 is 1.62 bits per heavy atom. The average Bonchev–Trinajstić information content (AvgIpc) is 2.58. The molecule has 0 radical (unpaired) electrons. The van der Waals surface area contributed by atoms with Crippen molar-refractivity contribution in [1.29, 1.82) is 0 Å². The molecule has 0 spiro atoms. The Bertz CT molecular complexity index is 965. The van der Waals surface area contributed by atoms with Crippen molar-refractivity contribution in [2.75, 3.05) is 7.11 Å². The van der Waals surface area contributed by atoms with Crippen LogP contribution in [0.3, 0.4) is 0 Å². The van der Waals surface area contributed by atoms with Gasteiger partial charge in [0.05, 0.1) is 24.7 Å². The van der Waals surface area contributed by atoms with Gasteiger partial charge in [-0.25, -0.2) is 0 Å². The van der Waals surface area contributed by atoms with Crippen LogP contribution in [0.5, 0.6) is 17.2 Å². The molecule has 26 heavy (non-hydrogen) atoms. The molecule has 1 aliphatic rings. The Morgan fingerprint density at radius 1 is 1.08 bits per heavy atom. The maximum Gasteiger partial charge on any atom is 0.207 e. The summed E-state index contributed by atoms with van der Waals surface area (Å²) in [6, 6.07) is 2.53. The fourth-order valence-electron chi connectivity index (χ4n) is 3.47. The van der Waals surface area contributed by atoms with Crippen LogP contribution in [0.15, 0.2) is 12.1 Å². The number of hydrogen-bond donors (Lipinski definition) is 3. The fourth-order valence-corrected chi connectivity index (χ4v) is 3.47. The minimum absolute atomic E-state index is 0.0166. The molecule has 0 amide bonds. The van der Waals surface area contributed by atoms with Gasteiger partial charge in [-0.3, -0.25) is 14.4 Å². The van der Waals surface area contributed by atoms with Crippen LogP contribution < -0.4 is 4.74 Å². The lowest BCUT2D eigenvalue weighted by atomic mass is 9.73. The topological polar surface area (TPSA) is 121 Å². The van der Waals surface area contributed by atoms with Gasteiger partial charge in [0.15, 0.2) is 5.60 Å². The fraction of sp³-hybridized carbons (Fsp3) is 0.316. The quantitative estimate of drug-likeness (QED) is 0.715. The molecule has 1 unspecified atom stereocenters. The molecule has 1 aliphatic carbocycles. The summed E-state index contributed by atoms with van der Waals surface area (Å²) in [5, 5.41) is 31.9. The zero-order chi connectivity index (χ0) is 19.4. The molecule has 0 saturated carbocycles. The molecule has 7 heteroatoms. The van der Waals surface area contributed by atoms with Crippen molar-refractivity contribution in [2.24, 2.45) is 0 Å². The average molecular weight is 358 g/mol. The molecular weight excluding hydrogens is 340 g/mol. The van der Waals surface area contributed by atoms with Gasteiger partial charge in [0.25, 0.3) is 0 Å². The smallest absolute Gasteiger partial charge is 0.207 e. The van der Waals surface area contributed by atoms with E-state index in [0.717, 1.165) is 0 Å². The SMILES string of the molecule is CCC(=O)CC1(O)C(=O)c2c(O)cc(C)c3c(OC)cc(O)c(c23)C1=O. The lowest BCUT2D eigenvalue weighted by Crippen LogP contribution is -2.50. The molecule has 2 aromatic carbocycles. The van der Waals surface area contributed by atoms with E-state index in [-0.39, 0.29) is 28.7 Å². The molecule has 0 bridgehead atoms. The van der Waals surface area contributed by atoms with E-state index in [1.807, 2.05) is 0 Å². The van der Waals surface area contributed by atoms with Crippen LogP contribution >= 0.6 is 0 Å². The van der Waals surface area contributed by atoms with Gasteiger partial charge in [0.1, 0.15) is 23.0 Å². The number of carbonyl (C=O) groups is 3. The van der Waals surface area contributed by atoms with Gasteiger partial charge in [-0.2, -0.15) is 0 Å². The summed E-state index contributed by atoms with van der Waals surface area (Å²) >= 11 is 0. The number of hydrogen-bond acceptors (Lipinski definition) is 7. The van der Waals surface area contributed by atoms with E-state index in [1.54, 1.807) is 13.8 Å². The second-order valence-electron chi connectivity index (χ2n) is 6.40. The number of rotatable bonds is 4. The molecule has 0 fully saturated rings. The molecule has 7 nitrogen and oxygen atoms in total. The molecule has 0 aromatic heterocycles. The number of Topliss-reactive ketones (excluding diaryl/α,β-unsaturated/α-hetero) is 3. The Kier molecular flexibility index (Phi) is 3.99. The van der Waals surface area contributed by atoms with Gasteiger partial charge >= 0.3 is 0 Å². The summed E-state index contributed by atoms with van der Waals surface area (Å²) in [5.74, 6) is -3.34. The summed E-state index contributed by atoms with van der Waals surface area (Å²) < 4.78 is 5.23. The minimum atomic E-state index is -2.66. The van der Waals surface area contributed by atoms with E-state index >= 15 is 0 Å². The van der Waals surface area contributed by atoms with E-state index in [1.165, 1.54) is 19.2 Å². The van der Waals surface area contributed by atoms with Gasteiger partial charge in [-0.15, -0.1) is 0 Å². The predicted octanol–water partition coefficient (Wildman–Crippen LogP) is 2.05. The summed E-state index contributed by atoms with van der Waals surface area (Å²) in [4.78, 5) is 37.7. The molecule has 3 N–H and O–H groups in total. The van der Waals surface area contributed by atoms with Crippen molar-refractivity contribution < 1.29 is 34.4 Å². The van der Waals surface area contributed by atoms with Gasteiger partial charge in [-0.05, 0) is 18.6 Å². The minimum Gasteiger partial charge on any atom is -0.507 e. The van der Waals surface area contributed by atoms with E-state index in [0.29, 0.717) is 10.9 Å². The number of carbonyl (C=O) groups excluding carboxylic acids is 3. The first kappa shape index (κ1) is 17.9. The zero-order valence-corrected chi connectivity index (χ0v) is 14.5. The van der Waals surface area contributed by atoms with Crippen LogP contribution in [0.25, 0.3) is 10.8 Å². The Morgan fingerprint density at radius 3 is 2.12 bits per heavy atom. The standard InChI is InChI=1S/C19H18O7/c1-4-9(20)7-19(25)17(23)14-10(21)5-8(2)13-12(26-3)6-11(22)15(16(13)14)18(19)24/h5-6,21-22,25H,4,7H2,1-3H3. The largest absolute Gasteiger partial charge is 0.507 e. The molecule has 1 atom stereocenters. The van der Waals surface area contributed by atoms with Crippen LogP contribution in [0.1, 0.15) is 46.0 Å². The summed E-state index contributed by atoms with van der Waals surface area (Å²) in [5.41, 5.74) is -2.75. The summed E-state index contributed by atoms with van der Waals surface area (Å²) in [6.07, 6.45) is -0.694. The first-order valence-electron chi connectivity index (χ1n) is 8.07. The third kappa shape index (κ3) is 2.20. The van der Waals surface area contributed by atoms with Gasteiger partial charge in [-0.1, -0.05) is 6.92 Å². The molecule has 136 valence electrons. The van der Waals surface area contributed by atoms with Crippen molar-refractivity contribution in [3.63, 3.8) is 0 Å². The number of aryl methyl sites for hydroxylation is 1. The van der Waals surface area contributed by atoms with Gasteiger partial charge in [0.2, 0.25) is 11.6 Å². The summed E-state index contributed by atoms with van der Waals surface area (Å²) in [6.45, 7) is 3.19. The zero-order valence-electron chi connectivity index (χ0n) is 14.5. The van der Waals surface area contributed by atoms with Crippen molar-refractivity contribution >= 4 is 28.1 Å². The first-order valence-corrected chi connectivity index (χ1v) is 8.07. The molecular formula is C19H18O7. The number of ether oxygens (including phenoxy) is 1. The van der Waals surface area contributed by atoms with E-state index < -0.39 is 40.9 Å².